The molecule has 4 rings (SSSR count). The molecule has 4 aromatic rings. The average Bonchev–Trinajstić information content (AvgIpc) is 3.53. The van der Waals surface area contributed by atoms with Crippen molar-refractivity contribution in [1.29, 1.82) is 0 Å². The molecule has 0 aliphatic heterocycles. The number of hydrogen-bond donors (Lipinski definition) is 1. The summed E-state index contributed by atoms with van der Waals surface area (Å²) in [5, 5.41) is 3.52. The van der Waals surface area contributed by atoms with E-state index in [9.17, 15) is 14.4 Å². The number of hydrogen-bond acceptors (Lipinski definition) is 8. The molecule has 0 aliphatic carbocycles. The molecule has 1 unspecified atom stereocenters. The Balaban J connectivity index is 1.63. The first-order valence-electron chi connectivity index (χ1n) is 10.1. The van der Waals surface area contributed by atoms with E-state index in [1.165, 1.54) is 30.1 Å². The highest BCUT2D eigenvalue weighted by atomic mass is 32.2. The van der Waals surface area contributed by atoms with Crippen LogP contribution in [-0.4, -0.2) is 34.3 Å². The van der Waals surface area contributed by atoms with Crippen LogP contribution in [0.5, 0.6) is 0 Å². The Morgan fingerprint density at radius 3 is 2.67 bits per heavy atom. The molecule has 3 aromatic heterocycles. The molecule has 1 N–H and O–H groups in total. The van der Waals surface area contributed by atoms with Gasteiger partial charge in [0.25, 0.3) is 5.56 Å². The summed E-state index contributed by atoms with van der Waals surface area (Å²) in [7, 11) is 1.28. The predicted octanol–water partition coefficient (Wildman–Crippen LogP) is 3.39. The summed E-state index contributed by atoms with van der Waals surface area (Å²) in [6, 6.07) is 11.3. The van der Waals surface area contributed by atoms with Crippen LogP contribution in [0.4, 0.5) is 0 Å². The number of rotatable bonds is 8. The van der Waals surface area contributed by atoms with Crippen LogP contribution in [0, 0.1) is 0 Å². The van der Waals surface area contributed by atoms with E-state index in [0.29, 0.717) is 27.6 Å². The average molecular weight is 468 g/mol. The van der Waals surface area contributed by atoms with Gasteiger partial charge in [0.2, 0.25) is 5.91 Å². The number of amides is 1. The molecule has 1 amide bonds. The van der Waals surface area contributed by atoms with Gasteiger partial charge >= 0.3 is 5.97 Å². The first-order chi connectivity index (χ1) is 16.0. The van der Waals surface area contributed by atoms with Crippen molar-refractivity contribution in [3.05, 3.63) is 82.4 Å². The predicted molar refractivity (Wildman–Crippen MR) is 121 cm³/mol. The van der Waals surface area contributed by atoms with Crippen molar-refractivity contribution in [3.63, 3.8) is 0 Å². The number of methoxy groups -OCH3 is 1. The van der Waals surface area contributed by atoms with Gasteiger partial charge in [0.1, 0.15) is 11.5 Å². The quantitative estimate of drug-likeness (QED) is 0.238. The van der Waals surface area contributed by atoms with Crippen LogP contribution in [0.2, 0.25) is 0 Å². The minimum Gasteiger partial charge on any atom is -0.467 e. The molecule has 3 heterocycles. The summed E-state index contributed by atoms with van der Waals surface area (Å²) >= 11 is 1.12. The van der Waals surface area contributed by atoms with Crippen molar-refractivity contribution in [1.82, 2.24) is 14.9 Å². The van der Waals surface area contributed by atoms with Crippen LogP contribution in [0.25, 0.3) is 10.9 Å². The first kappa shape index (κ1) is 22.4. The molecule has 0 bridgehead atoms. The molecule has 0 saturated heterocycles. The number of carbonyl (C=O) groups is 2. The van der Waals surface area contributed by atoms with Gasteiger partial charge in [-0.3, -0.25) is 14.2 Å². The van der Waals surface area contributed by atoms with Crippen molar-refractivity contribution < 1.29 is 23.2 Å². The Morgan fingerprint density at radius 2 is 1.97 bits per heavy atom. The van der Waals surface area contributed by atoms with Crippen LogP contribution < -0.4 is 10.9 Å². The van der Waals surface area contributed by atoms with E-state index in [4.69, 9.17) is 13.6 Å². The lowest BCUT2D eigenvalue weighted by molar-refractivity contribution is -0.119. The van der Waals surface area contributed by atoms with Gasteiger partial charge in [0, 0.05) is 0 Å². The molecule has 33 heavy (non-hydrogen) atoms. The van der Waals surface area contributed by atoms with Gasteiger partial charge in [-0.2, -0.15) is 0 Å². The van der Waals surface area contributed by atoms with Crippen molar-refractivity contribution in [2.75, 3.05) is 12.9 Å². The number of thioether (sulfide) groups is 1. The van der Waals surface area contributed by atoms with Crippen LogP contribution in [0.15, 0.2) is 73.8 Å². The van der Waals surface area contributed by atoms with Crippen LogP contribution in [0.3, 0.4) is 0 Å². The Hall–Kier alpha value is -3.79. The number of fused-ring (bicyclic) bond motifs is 1. The highest BCUT2D eigenvalue weighted by Gasteiger charge is 2.18. The van der Waals surface area contributed by atoms with Gasteiger partial charge < -0.3 is 18.9 Å². The maximum atomic E-state index is 13.2. The van der Waals surface area contributed by atoms with E-state index in [-0.39, 0.29) is 35.4 Å². The lowest BCUT2D eigenvalue weighted by Crippen LogP contribution is -2.29. The van der Waals surface area contributed by atoms with Gasteiger partial charge in [-0.05, 0) is 49.4 Å². The van der Waals surface area contributed by atoms with Gasteiger partial charge in [-0.1, -0.05) is 11.8 Å². The number of nitrogens with zero attached hydrogens (tertiary/aromatic N) is 2. The van der Waals surface area contributed by atoms with E-state index < -0.39 is 5.97 Å². The molecular formula is C23H21N3O6S. The number of benzene rings is 1. The van der Waals surface area contributed by atoms with Gasteiger partial charge in [-0.25, -0.2) is 9.78 Å². The number of nitrogens with one attached hydrogen (secondary N) is 1. The summed E-state index contributed by atoms with van der Waals surface area (Å²) in [4.78, 5) is 42.2. The third kappa shape index (κ3) is 5.01. The second kappa shape index (κ2) is 9.78. The fourth-order valence-corrected chi connectivity index (χ4v) is 4.09. The molecular weight excluding hydrogens is 446 g/mol. The molecule has 10 heteroatoms. The molecule has 0 spiro atoms. The second-order valence-electron chi connectivity index (χ2n) is 7.18. The molecule has 0 saturated carbocycles. The Kier molecular flexibility index (Phi) is 6.64. The standard InChI is InChI=1S/C23H21N3O6S/c1-14(19-6-4-10-32-19)24-20(27)13-33-23-25-18-11-15(22(29)30-2)7-8-17(18)21(28)26(23)12-16-5-3-9-31-16/h3-11,14H,12-13H2,1-2H3,(H,24,27). The second-order valence-corrected chi connectivity index (χ2v) is 8.12. The van der Waals surface area contributed by atoms with Gasteiger partial charge in [-0.15, -0.1) is 0 Å². The van der Waals surface area contributed by atoms with Crippen molar-refractivity contribution >= 4 is 34.5 Å². The zero-order valence-corrected chi connectivity index (χ0v) is 18.8. The maximum Gasteiger partial charge on any atom is 0.337 e. The molecule has 0 fully saturated rings. The molecule has 1 atom stereocenters. The highest BCUT2D eigenvalue weighted by molar-refractivity contribution is 7.99. The minimum atomic E-state index is -0.529. The van der Waals surface area contributed by atoms with Crippen molar-refractivity contribution in [2.24, 2.45) is 0 Å². The third-order valence-corrected chi connectivity index (χ3v) is 5.89. The summed E-state index contributed by atoms with van der Waals surface area (Å²) in [5.74, 6) is 0.465. The zero-order chi connectivity index (χ0) is 23.4. The van der Waals surface area contributed by atoms with E-state index in [2.05, 4.69) is 10.3 Å². The van der Waals surface area contributed by atoms with Crippen molar-refractivity contribution in [2.45, 2.75) is 24.7 Å². The molecule has 0 aliphatic rings. The number of carbonyl (C=O) groups excluding carboxylic acids is 2. The summed E-state index contributed by atoms with van der Waals surface area (Å²) in [5.41, 5.74) is 0.312. The van der Waals surface area contributed by atoms with E-state index >= 15 is 0 Å². The van der Waals surface area contributed by atoms with E-state index in [1.54, 1.807) is 36.6 Å². The van der Waals surface area contributed by atoms with E-state index in [1.807, 2.05) is 6.92 Å². The lowest BCUT2D eigenvalue weighted by Gasteiger charge is -2.14. The Morgan fingerprint density at radius 1 is 1.18 bits per heavy atom. The summed E-state index contributed by atoms with van der Waals surface area (Å²) in [6.45, 7) is 1.97. The smallest absolute Gasteiger partial charge is 0.337 e. The molecule has 1 aromatic carbocycles. The fraction of sp³-hybridized carbons (Fsp3) is 0.217. The van der Waals surface area contributed by atoms with Crippen LogP contribution in [-0.2, 0) is 16.1 Å². The highest BCUT2D eigenvalue weighted by Crippen LogP contribution is 2.21. The first-order valence-corrected chi connectivity index (χ1v) is 11.1. The largest absolute Gasteiger partial charge is 0.467 e. The van der Waals surface area contributed by atoms with Crippen LogP contribution in [0.1, 0.15) is 34.8 Å². The molecule has 170 valence electrons. The number of esters is 1. The summed E-state index contributed by atoms with van der Waals surface area (Å²) < 4.78 is 16.9. The van der Waals surface area contributed by atoms with Gasteiger partial charge in [0.05, 0.1) is 54.4 Å². The van der Waals surface area contributed by atoms with Crippen molar-refractivity contribution in [3.8, 4) is 0 Å². The molecule has 9 nitrogen and oxygen atoms in total. The number of furan rings is 2. The minimum absolute atomic E-state index is 0.0256. The Bertz CT molecular complexity index is 1330. The zero-order valence-electron chi connectivity index (χ0n) is 17.9. The number of ether oxygens (including phenoxy) is 1. The normalized spacial score (nSPS) is 11.9. The number of aromatic nitrogens is 2. The third-order valence-electron chi connectivity index (χ3n) is 4.92. The topological polar surface area (TPSA) is 117 Å². The SMILES string of the molecule is COC(=O)c1ccc2c(=O)n(Cc3ccco3)c(SCC(=O)NC(C)c3ccco3)nc2c1. The molecule has 0 radical (unpaired) electrons. The maximum absolute atomic E-state index is 13.2. The van der Waals surface area contributed by atoms with E-state index in [0.717, 1.165) is 11.8 Å². The summed E-state index contributed by atoms with van der Waals surface area (Å²) in [6.07, 6.45) is 3.06. The monoisotopic (exact) mass is 467 g/mol. The Labute approximate surface area is 192 Å². The van der Waals surface area contributed by atoms with Crippen LogP contribution >= 0.6 is 11.8 Å². The van der Waals surface area contributed by atoms with Gasteiger partial charge in [0.15, 0.2) is 5.16 Å². The fourth-order valence-electron chi connectivity index (χ4n) is 3.28. The lowest BCUT2D eigenvalue weighted by atomic mass is 10.1.